The van der Waals surface area contributed by atoms with E-state index in [2.05, 4.69) is 12.1 Å². The van der Waals surface area contributed by atoms with Crippen molar-refractivity contribution in [2.75, 3.05) is 0 Å². The maximum atomic E-state index is 12.0. The highest BCUT2D eigenvalue weighted by Crippen LogP contribution is 2.36. The van der Waals surface area contributed by atoms with E-state index in [4.69, 9.17) is 11.6 Å². The van der Waals surface area contributed by atoms with Crippen molar-refractivity contribution in [3.05, 3.63) is 76.8 Å². The minimum atomic E-state index is 0.204. The van der Waals surface area contributed by atoms with E-state index in [1.165, 1.54) is 5.56 Å². The Kier molecular flexibility index (Phi) is 3.70. The molecule has 100 valence electrons. The van der Waals surface area contributed by atoms with Crippen LogP contribution in [-0.4, -0.2) is 5.78 Å². The Labute approximate surface area is 123 Å². The summed E-state index contributed by atoms with van der Waals surface area (Å²) in [6.45, 7) is 0. The second-order valence-corrected chi connectivity index (χ2v) is 5.60. The number of rotatable bonds is 2. The quantitative estimate of drug-likeness (QED) is 0.768. The second-order valence-electron chi connectivity index (χ2n) is 5.16. The lowest BCUT2D eigenvalue weighted by atomic mass is 9.81. The van der Waals surface area contributed by atoms with E-state index in [0.29, 0.717) is 6.42 Å². The summed E-state index contributed by atoms with van der Waals surface area (Å²) in [4.78, 5) is 12.0. The molecule has 0 spiro atoms. The molecular weight excluding hydrogens is 268 g/mol. The Morgan fingerprint density at radius 3 is 2.30 bits per heavy atom. The van der Waals surface area contributed by atoms with Crippen molar-refractivity contribution >= 4 is 23.0 Å². The van der Waals surface area contributed by atoms with E-state index in [1.54, 1.807) is 6.08 Å². The Morgan fingerprint density at radius 2 is 1.60 bits per heavy atom. The summed E-state index contributed by atoms with van der Waals surface area (Å²) in [5.74, 6) is 0.481. The molecule has 3 rings (SSSR count). The van der Waals surface area contributed by atoms with E-state index in [0.717, 1.165) is 22.6 Å². The summed E-state index contributed by atoms with van der Waals surface area (Å²) in [6, 6.07) is 18.0. The van der Waals surface area contributed by atoms with E-state index in [1.807, 2.05) is 42.5 Å². The summed E-state index contributed by atoms with van der Waals surface area (Å²) in [6.07, 6.45) is 3.28. The zero-order valence-electron chi connectivity index (χ0n) is 11.1. The molecule has 0 saturated heterocycles. The average Bonchev–Trinajstić information content (AvgIpc) is 2.48. The Balaban J connectivity index is 1.89. The lowest BCUT2D eigenvalue weighted by molar-refractivity contribution is -0.115. The van der Waals surface area contributed by atoms with Crippen molar-refractivity contribution < 1.29 is 4.79 Å². The van der Waals surface area contributed by atoms with Crippen molar-refractivity contribution in [3.8, 4) is 0 Å². The lowest BCUT2D eigenvalue weighted by Gasteiger charge is -2.22. The van der Waals surface area contributed by atoms with Gasteiger partial charge in [0.05, 0.1) is 0 Å². The average molecular weight is 283 g/mol. The number of hydrogen-bond acceptors (Lipinski definition) is 1. The van der Waals surface area contributed by atoms with Crippen LogP contribution in [0.5, 0.6) is 0 Å². The summed E-state index contributed by atoms with van der Waals surface area (Å²) >= 11 is 5.92. The van der Waals surface area contributed by atoms with Gasteiger partial charge in [-0.2, -0.15) is 0 Å². The van der Waals surface area contributed by atoms with Crippen molar-refractivity contribution in [3.63, 3.8) is 0 Å². The standard InChI is InChI=1S/C18H15ClO/c19-17-8-6-14(7-9-17)16-10-15(11-18(20)12-16)13-4-2-1-3-5-13/h1-9,12,15H,10-11H2/t15-/m0/s1. The van der Waals surface area contributed by atoms with Crippen LogP contribution in [0.2, 0.25) is 5.02 Å². The lowest BCUT2D eigenvalue weighted by Crippen LogP contribution is -2.12. The van der Waals surface area contributed by atoms with Crippen LogP contribution in [0.4, 0.5) is 0 Å². The van der Waals surface area contributed by atoms with E-state index in [-0.39, 0.29) is 11.7 Å². The third kappa shape index (κ3) is 2.83. The number of ketones is 1. The highest BCUT2D eigenvalue weighted by Gasteiger charge is 2.22. The van der Waals surface area contributed by atoms with E-state index < -0.39 is 0 Å². The molecule has 0 amide bonds. The van der Waals surface area contributed by atoms with Gasteiger partial charge in [0.1, 0.15) is 0 Å². The second kappa shape index (κ2) is 5.64. The summed E-state index contributed by atoms with van der Waals surface area (Å²) < 4.78 is 0. The fraction of sp³-hybridized carbons (Fsp3) is 0.167. The van der Waals surface area contributed by atoms with Gasteiger partial charge < -0.3 is 0 Å². The summed E-state index contributed by atoms with van der Waals surface area (Å²) in [5, 5.41) is 0.719. The maximum Gasteiger partial charge on any atom is 0.156 e. The van der Waals surface area contributed by atoms with Gasteiger partial charge in [0.15, 0.2) is 5.78 Å². The van der Waals surface area contributed by atoms with Crippen molar-refractivity contribution in [1.29, 1.82) is 0 Å². The van der Waals surface area contributed by atoms with Gasteiger partial charge in [0.25, 0.3) is 0 Å². The number of allylic oxidation sites excluding steroid dienone is 2. The fourth-order valence-electron chi connectivity index (χ4n) is 2.72. The van der Waals surface area contributed by atoms with Gasteiger partial charge in [-0.3, -0.25) is 4.79 Å². The Hall–Kier alpha value is -1.86. The molecule has 1 atom stereocenters. The molecule has 0 aliphatic heterocycles. The van der Waals surface area contributed by atoms with Crippen LogP contribution in [0.3, 0.4) is 0 Å². The van der Waals surface area contributed by atoms with Crippen LogP contribution in [0.1, 0.15) is 29.9 Å². The molecule has 1 aliphatic carbocycles. The van der Waals surface area contributed by atoms with E-state index in [9.17, 15) is 4.79 Å². The van der Waals surface area contributed by atoms with Gasteiger partial charge >= 0.3 is 0 Å². The number of halogens is 1. The largest absolute Gasteiger partial charge is 0.295 e. The normalized spacial score (nSPS) is 18.8. The number of benzene rings is 2. The molecule has 0 N–H and O–H groups in total. The van der Waals surface area contributed by atoms with Crippen LogP contribution in [-0.2, 0) is 4.79 Å². The summed E-state index contributed by atoms with van der Waals surface area (Å²) in [5.41, 5.74) is 3.43. The monoisotopic (exact) mass is 282 g/mol. The molecule has 2 aromatic carbocycles. The molecule has 2 aromatic rings. The first-order chi connectivity index (χ1) is 9.72. The highest BCUT2D eigenvalue weighted by molar-refractivity contribution is 6.30. The van der Waals surface area contributed by atoms with Gasteiger partial charge in [0.2, 0.25) is 0 Å². The molecule has 0 saturated carbocycles. The molecule has 1 nitrogen and oxygen atoms in total. The predicted molar refractivity (Wildman–Crippen MR) is 82.9 cm³/mol. The molecular formula is C18H15ClO. The van der Waals surface area contributed by atoms with Crippen LogP contribution >= 0.6 is 11.6 Å². The molecule has 2 heteroatoms. The topological polar surface area (TPSA) is 17.1 Å². The molecule has 0 bridgehead atoms. The van der Waals surface area contributed by atoms with Gasteiger partial charge in [-0.15, -0.1) is 0 Å². The molecule has 0 radical (unpaired) electrons. The van der Waals surface area contributed by atoms with Crippen molar-refractivity contribution in [1.82, 2.24) is 0 Å². The third-order valence-electron chi connectivity index (χ3n) is 3.74. The Morgan fingerprint density at radius 1 is 0.900 bits per heavy atom. The number of carbonyl (C=O) groups excluding carboxylic acids is 1. The van der Waals surface area contributed by atoms with Crippen LogP contribution in [0, 0.1) is 0 Å². The first kappa shape index (κ1) is 13.1. The zero-order valence-corrected chi connectivity index (χ0v) is 11.8. The Bertz CT molecular complexity index is 641. The molecule has 1 aliphatic rings. The van der Waals surface area contributed by atoms with Crippen LogP contribution in [0.15, 0.2) is 60.7 Å². The van der Waals surface area contributed by atoms with Crippen LogP contribution in [0.25, 0.3) is 5.57 Å². The number of carbonyl (C=O) groups is 1. The fourth-order valence-corrected chi connectivity index (χ4v) is 2.84. The van der Waals surface area contributed by atoms with Gasteiger partial charge in [0, 0.05) is 11.4 Å². The minimum absolute atomic E-state index is 0.204. The van der Waals surface area contributed by atoms with Crippen molar-refractivity contribution in [2.24, 2.45) is 0 Å². The smallest absolute Gasteiger partial charge is 0.156 e. The SMILES string of the molecule is O=C1C=C(c2ccc(Cl)cc2)C[C@H](c2ccccc2)C1. The van der Waals surface area contributed by atoms with E-state index >= 15 is 0 Å². The van der Waals surface area contributed by atoms with Gasteiger partial charge in [-0.25, -0.2) is 0 Å². The molecule has 0 fully saturated rings. The van der Waals surface area contributed by atoms with Crippen LogP contribution < -0.4 is 0 Å². The predicted octanol–water partition coefficient (Wildman–Crippen LogP) is 4.87. The zero-order chi connectivity index (χ0) is 13.9. The molecule has 0 unspecified atom stereocenters. The first-order valence-electron chi connectivity index (χ1n) is 6.76. The molecule has 0 heterocycles. The summed E-state index contributed by atoms with van der Waals surface area (Å²) in [7, 11) is 0. The minimum Gasteiger partial charge on any atom is -0.295 e. The van der Waals surface area contributed by atoms with Crippen molar-refractivity contribution in [2.45, 2.75) is 18.8 Å². The van der Waals surface area contributed by atoms with Gasteiger partial charge in [-0.05, 0) is 47.2 Å². The number of hydrogen-bond donors (Lipinski definition) is 0. The first-order valence-corrected chi connectivity index (χ1v) is 7.14. The third-order valence-corrected chi connectivity index (χ3v) is 3.99. The maximum absolute atomic E-state index is 12.0. The molecule has 0 aromatic heterocycles. The highest BCUT2D eigenvalue weighted by atomic mass is 35.5. The van der Waals surface area contributed by atoms with Gasteiger partial charge in [-0.1, -0.05) is 54.1 Å². The molecule has 20 heavy (non-hydrogen) atoms.